The van der Waals surface area contributed by atoms with Crippen LogP contribution in [0.3, 0.4) is 0 Å². The van der Waals surface area contributed by atoms with Gasteiger partial charge >= 0.3 is 0 Å². The highest BCUT2D eigenvalue weighted by Gasteiger charge is 2.52. The van der Waals surface area contributed by atoms with Crippen molar-refractivity contribution in [3.63, 3.8) is 0 Å². The average molecular weight is 154 g/mol. The summed E-state index contributed by atoms with van der Waals surface area (Å²) in [5.41, 5.74) is 0.556. The monoisotopic (exact) mass is 154 g/mol. The minimum absolute atomic E-state index is 0.556. The molecule has 3 atom stereocenters. The van der Waals surface area contributed by atoms with Crippen LogP contribution in [0.4, 0.5) is 0 Å². The molecule has 0 aromatic carbocycles. The van der Waals surface area contributed by atoms with Gasteiger partial charge in [0.25, 0.3) is 0 Å². The molecule has 2 fully saturated rings. The number of ether oxygens (including phenoxy) is 1. The van der Waals surface area contributed by atoms with Crippen LogP contribution in [0.25, 0.3) is 0 Å². The van der Waals surface area contributed by atoms with Gasteiger partial charge in [0.15, 0.2) is 0 Å². The lowest BCUT2D eigenvalue weighted by atomic mass is 9.93. The van der Waals surface area contributed by atoms with E-state index in [1.54, 1.807) is 0 Å². The predicted molar refractivity (Wildman–Crippen MR) is 45.5 cm³/mol. The predicted octanol–water partition coefficient (Wildman–Crippen LogP) is 2.60. The number of rotatable bonds is 1. The summed E-state index contributed by atoms with van der Waals surface area (Å²) in [6.07, 6.45) is 5.94. The standard InChI is InChI=1S/C10H18O/c1-8-7-10(8,2)9-5-3-4-6-11-9/h8-9H,3-7H2,1-2H3. The number of hydrogen-bond donors (Lipinski definition) is 0. The molecular weight excluding hydrogens is 136 g/mol. The minimum Gasteiger partial charge on any atom is -0.378 e. The van der Waals surface area contributed by atoms with Crippen LogP contribution in [0.1, 0.15) is 39.5 Å². The van der Waals surface area contributed by atoms with Gasteiger partial charge < -0.3 is 4.74 Å². The van der Waals surface area contributed by atoms with E-state index in [0.29, 0.717) is 11.5 Å². The van der Waals surface area contributed by atoms with Crippen LogP contribution in [-0.4, -0.2) is 12.7 Å². The van der Waals surface area contributed by atoms with Crippen molar-refractivity contribution in [3.8, 4) is 0 Å². The van der Waals surface area contributed by atoms with Crippen molar-refractivity contribution >= 4 is 0 Å². The van der Waals surface area contributed by atoms with Gasteiger partial charge in [0.05, 0.1) is 6.10 Å². The van der Waals surface area contributed by atoms with Gasteiger partial charge in [-0.3, -0.25) is 0 Å². The fraction of sp³-hybridized carbons (Fsp3) is 1.00. The normalized spacial score (nSPS) is 50.7. The largest absolute Gasteiger partial charge is 0.378 e. The Morgan fingerprint density at radius 2 is 2.09 bits per heavy atom. The molecule has 1 heterocycles. The zero-order valence-corrected chi connectivity index (χ0v) is 7.60. The lowest BCUT2D eigenvalue weighted by molar-refractivity contribution is -0.0293. The highest BCUT2D eigenvalue weighted by Crippen LogP contribution is 2.56. The Morgan fingerprint density at radius 1 is 1.36 bits per heavy atom. The molecule has 64 valence electrons. The average Bonchev–Trinajstić information content (AvgIpc) is 2.64. The Morgan fingerprint density at radius 3 is 2.55 bits per heavy atom. The molecule has 0 radical (unpaired) electrons. The van der Waals surface area contributed by atoms with Crippen molar-refractivity contribution in [1.29, 1.82) is 0 Å². The molecule has 0 spiro atoms. The molecule has 0 aromatic rings. The van der Waals surface area contributed by atoms with E-state index in [9.17, 15) is 0 Å². The van der Waals surface area contributed by atoms with E-state index < -0.39 is 0 Å². The third-order valence-electron chi connectivity index (χ3n) is 3.63. The highest BCUT2D eigenvalue weighted by molar-refractivity contribution is 5.02. The van der Waals surface area contributed by atoms with Gasteiger partial charge in [-0.1, -0.05) is 13.8 Å². The molecule has 1 aliphatic heterocycles. The summed E-state index contributed by atoms with van der Waals surface area (Å²) in [6, 6.07) is 0. The Labute approximate surface area is 69.1 Å². The van der Waals surface area contributed by atoms with Gasteiger partial charge in [-0.2, -0.15) is 0 Å². The van der Waals surface area contributed by atoms with Crippen LogP contribution < -0.4 is 0 Å². The third kappa shape index (κ3) is 1.20. The van der Waals surface area contributed by atoms with E-state index in [0.717, 1.165) is 12.5 Å². The Bertz CT molecular complexity index is 149. The molecular formula is C10H18O. The smallest absolute Gasteiger partial charge is 0.0631 e. The second kappa shape index (κ2) is 2.48. The summed E-state index contributed by atoms with van der Waals surface area (Å²) < 4.78 is 5.78. The molecule has 1 heteroatoms. The van der Waals surface area contributed by atoms with Crippen molar-refractivity contribution < 1.29 is 4.74 Å². The topological polar surface area (TPSA) is 9.23 Å². The molecule has 0 N–H and O–H groups in total. The Kier molecular flexibility index (Phi) is 1.71. The highest BCUT2D eigenvalue weighted by atomic mass is 16.5. The van der Waals surface area contributed by atoms with Crippen LogP contribution in [0.5, 0.6) is 0 Å². The summed E-state index contributed by atoms with van der Waals surface area (Å²) in [7, 11) is 0. The minimum atomic E-state index is 0.556. The molecule has 3 unspecified atom stereocenters. The summed E-state index contributed by atoms with van der Waals surface area (Å²) >= 11 is 0. The van der Waals surface area contributed by atoms with Gasteiger partial charge in [0.2, 0.25) is 0 Å². The first kappa shape index (κ1) is 7.60. The van der Waals surface area contributed by atoms with Crippen LogP contribution >= 0.6 is 0 Å². The first-order chi connectivity index (χ1) is 5.23. The molecule has 0 aromatic heterocycles. The van der Waals surface area contributed by atoms with Gasteiger partial charge in [0.1, 0.15) is 0 Å². The van der Waals surface area contributed by atoms with Crippen LogP contribution in [0, 0.1) is 11.3 Å². The SMILES string of the molecule is CC1CC1(C)C1CCCCO1. The maximum atomic E-state index is 5.78. The second-order valence-corrected chi connectivity index (χ2v) is 4.47. The van der Waals surface area contributed by atoms with Gasteiger partial charge in [-0.05, 0) is 37.0 Å². The van der Waals surface area contributed by atoms with Crippen LogP contribution in [0.15, 0.2) is 0 Å². The first-order valence-corrected chi connectivity index (χ1v) is 4.85. The molecule has 1 saturated heterocycles. The molecule has 1 aliphatic carbocycles. The molecule has 2 aliphatic rings. The van der Waals surface area contributed by atoms with Crippen LogP contribution in [0.2, 0.25) is 0 Å². The molecule has 1 nitrogen and oxygen atoms in total. The first-order valence-electron chi connectivity index (χ1n) is 4.85. The third-order valence-corrected chi connectivity index (χ3v) is 3.63. The van der Waals surface area contributed by atoms with Crippen molar-refractivity contribution in [3.05, 3.63) is 0 Å². The fourth-order valence-electron chi connectivity index (χ4n) is 2.31. The van der Waals surface area contributed by atoms with E-state index in [2.05, 4.69) is 13.8 Å². The Hall–Kier alpha value is -0.0400. The van der Waals surface area contributed by atoms with E-state index in [4.69, 9.17) is 4.74 Å². The number of hydrogen-bond acceptors (Lipinski definition) is 1. The quantitative estimate of drug-likeness (QED) is 0.564. The molecule has 0 bridgehead atoms. The van der Waals surface area contributed by atoms with Gasteiger partial charge in [0, 0.05) is 6.61 Å². The zero-order chi connectivity index (χ0) is 7.90. The summed E-state index contributed by atoms with van der Waals surface area (Å²) in [6.45, 7) is 5.73. The summed E-state index contributed by atoms with van der Waals surface area (Å²) in [5, 5.41) is 0. The molecule has 2 rings (SSSR count). The maximum Gasteiger partial charge on any atom is 0.0631 e. The van der Waals surface area contributed by atoms with E-state index in [1.807, 2.05) is 0 Å². The van der Waals surface area contributed by atoms with Crippen molar-refractivity contribution in [1.82, 2.24) is 0 Å². The second-order valence-electron chi connectivity index (χ2n) is 4.47. The lowest BCUT2D eigenvalue weighted by Crippen LogP contribution is -2.28. The van der Waals surface area contributed by atoms with E-state index >= 15 is 0 Å². The molecule has 0 amide bonds. The Balaban J connectivity index is 1.94. The fourth-order valence-corrected chi connectivity index (χ4v) is 2.31. The maximum absolute atomic E-state index is 5.78. The summed E-state index contributed by atoms with van der Waals surface area (Å²) in [5.74, 6) is 0.908. The van der Waals surface area contributed by atoms with Crippen LogP contribution in [-0.2, 0) is 4.74 Å². The van der Waals surface area contributed by atoms with Crippen molar-refractivity contribution in [2.24, 2.45) is 11.3 Å². The summed E-state index contributed by atoms with van der Waals surface area (Å²) in [4.78, 5) is 0. The zero-order valence-electron chi connectivity index (χ0n) is 7.60. The van der Waals surface area contributed by atoms with E-state index in [-0.39, 0.29) is 0 Å². The lowest BCUT2D eigenvalue weighted by Gasteiger charge is -2.28. The van der Waals surface area contributed by atoms with Gasteiger partial charge in [-0.15, -0.1) is 0 Å². The van der Waals surface area contributed by atoms with Crippen molar-refractivity contribution in [2.75, 3.05) is 6.61 Å². The van der Waals surface area contributed by atoms with E-state index in [1.165, 1.54) is 25.7 Å². The van der Waals surface area contributed by atoms with Crippen molar-refractivity contribution in [2.45, 2.75) is 45.6 Å². The molecule has 11 heavy (non-hydrogen) atoms. The van der Waals surface area contributed by atoms with Gasteiger partial charge in [-0.25, -0.2) is 0 Å². The molecule has 1 saturated carbocycles.